The summed E-state index contributed by atoms with van der Waals surface area (Å²) in [5, 5.41) is 0. The van der Waals surface area contributed by atoms with Crippen molar-refractivity contribution in [3.05, 3.63) is 29.3 Å². The van der Waals surface area contributed by atoms with Crippen molar-refractivity contribution >= 4 is 18.4 Å². The van der Waals surface area contributed by atoms with Crippen molar-refractivity contribution in [1.29, 1.82) is 0 Å². The normalized spacial score (nSPS) is 9.19. The summed E-state index contributed by atoms with van der Waals surface area (Å²) in [5.41, 5.74) is 7.33. The second-order valence-corrected chi connectivity index (χ2v) is 3.10. The molecule has 0 aliphatic heterocycles. The van der Waals surface area contributed by atoms with Crippen molar-refractivity contribution < 1.29 is 14.3 Å². The Morgan fingerprint density at radius 1 is 1.38 bits per heavy atom. The minimum atomic E-state index is -0.261. The minimum absolute atomic E-state index is 0. The van der Waals surface area contributed by atoms with Gasteiger partial charge in [-0.2, -0.15) is 0 Å². The molecule has 5 heteroatoms. The predicted molar refractivity (Wildman–Crippen MR) is 63.9 cm³/mol. The van der Waals surface area contributed by atoms with Crippen molar-refractivity contribution in [2.75, 3.05) is 14.2 Å². The number of halogens is 1. The van der Waals surface area contributed by atoms with Crippen LogP contribution in [0.25, 0.3) is 0 Å². The summed E-state index contributed by atoms with van der Waals surface area (Å²) < 4.78 is 9.71. The predicted octanol–water partition coefficient (Wildman–Crippen LogP) is 1.29. The largest absolute Gasteiger partial charge is 0.496 e. The SMILES string of the molecule is COC(=O)Cc1ccc(OC)c(CN)c1.Cl. The first-order chi connectivity index (χ1) is 7.21. The van der Waals surface area contributed by atoms with E-state index < -0.39 is 0 Å². The first-order valence-electron chi connectivity index (χ1n) is 4.64. The number of carbonyl (C=O) groups is 1. The van der Waals surface area contributed by atoms with Gasteiger partial charge in [-0.1, -0.05) is 12.1 Å². The fourth-order valence-electron chi connectivity index (χ4n) is 1.34. The molecule has 1 rings (SSSR count). The summed E-state index contributed by atoms with van der Waals surface area (Å²) in [6.45, 7) is 0.387. The summed E-state index contributed by atoms with van der Waals surface area (Å²) in [5.74, 6) is 0.481. The number of benzene rings is 1. The van der Waals surface area contributed by atoms with Gasteiger partial charge in [0.1, 0.15) is 5.75 Å². The van der Waals surface area contributed by atoms with Crippen LogP contribution >= 0.6 is 12.4 Å². The van der Waals surface area contributed by atoms with E-state index in [1.54, 1.807) is 13.2 Å². The molecule has 0 fully saturated rings. The first kappa shape index (κ1) is 14.7. The number of hydrogen-bond acceptors (Lipinski definition) is 4. The van der Waals surface area contributed by atoms with Gasteiger partial charge in [-0.05, 0) is 11.6 Å². The molecule has 1 aromatic carbocycles. The minimum Gasteiger partial charge on any atom is -0.496 e. The molecule has 0 heterocycles. The molecule has 1 aromatic rings. The first-order valence-corrected chi connectivity index (χ1v) is 4.64. The van der Waals surface area contributed by atoms with Crippen LogP contribution in [0.4, 0.5) is 0 Å². The van der Waals surface area contributed by atoms with E-state index >= 15 is 0 Å². The summed E-state index contributed by atoms with van der Waals surface area (Å²) in [6.07, 6.45) is 0.257. The van der Waals surface area contributed by atoms with Crippen LogP contribution in [-0.4, -0.2) is 20.2 Å². The van der Waals surface area contributed by atoms with E-state index in [9.17, 15) is 4.79 Å². The van der Waals surface area contributed by atoms with Crippen LogP contribution in [0.1, 0.15) is 11.1 Å². The highest BCUT2D eigenvalue weighted by atomic mass is 35.5. The molecule has 0 saturated carbocycles. The molecule has 0 bridgehead atoms. The Morgan fingerprint density at radius 2 is 2.06 bits per heavy atom. The zero-order valence-corrected chi connectivity index (χ0v) is 10.2. The average Bonchev–Trinajstić information content (AvgIpc) is 2.28. The Hall–Kier alpha value is -1.26. The lowest BCUT2D eigenvalue weighted by Crippen LogP contribution is -2.06. The van der Waals surface area contributed by atoms with Crippen LogP contribution < -0.4 is 10.5 Å². The molecule has 2 N–H and O–H groups in total. The fraction of sp³-hybridized carbons (Fsp3) is 0.364. The molecule has 0 aliphatic rings. The summed E-state index contributed by atoms with van der Waals surface area (Å²) in [4.78, 5) is 11.1. The van der Waals surface area contributed by atoms with E-state index in [2.05, 4.69) is 4.74 Å². The number of methoxy groups -OCH3 is 2. The molecular weight excluding hydrogens is 230 g/mol. The molecular formula is C11H16ClNO3. The maximum Gasteiger partial charge on any atom is 0.309 e. The van der Waals surface area contributed by atoms with E-state index in [1.165, 1.54) is 7.11 Å². The monoisotopic (exact) mass is 245 g/mol. The van der Waals surface area contributed by atoms with E-state index in [0.717, 1.165) is 16.9 Å². The third-order valence-corrected chi connectivity index (χ3v) is 2.14. The number of rotatable bonds is 4. The number of esters is 1. The molecule has 0 aromatic heterocycles. The Kier molecular flexibility index (Phi) is 6.53. The van der Waals surface area contributed by atoms with Gasteiger partial charge in [0.05, 0.1) is 20.6 Å². The molecule has 0 unspecified atom stereocenters. The van der Waals surface area contributed by atoms with Crippen LogP contribution in [-0.2, 0) is 22.5 Å². The maximum absolute atomic E-state index is 11.1. The lowest BCUT2D eigenvalue weighted by atomic mass is 10.1. The fourth-order valence-corrected chi connectivity index (χ4v) is 1.34. The van der Waals surface area contributed by atoms with E-state index in [-0.39, 0.29) is 24.8 Å². The molecule has 0 spiro atoms. The van der Waals surface area contributed by atoms with E-state index in [0.29, 0.717) is 6.54 Å². The highest BCUT2D eigenvalue weighted by molar-refractivity contribution is 5.85. The molecule has 0 radical (unpaired) electrons. The third-order valence-electron chi connectivity index (χ3n) is 2.14. The number of nitrogens with two attached hydrogens (primary N) is 1. The van der Waals surface area contributed by atoms with E-state index in [1.807, 2.05) is 12.1 Å². The lowest BCUT2D eigenvalue weighted by molar-refractivity contribution is -0.139. The van der Waals surface area contributed by atoms with Crippen molar-refractivity contribution in [2.24, 2.45) is 5.73 Å². The Morgan fingerprint density at radius 3 is 2.56 bits per heavy atom. The molecule has 0 saturated heterocycles. The van der Waals surface area contributed by atoms with Gasteiger partial charge in [0.25, 0.3) is 0 Å². The van der Waals surface area contributed by atoms with Crippen LogP contribution in [0.2, 0.25) is 0 Å². The van der Waals surface area contributed by atoms with E-state index in [4.69, 9.17) is 10.5 Å². The van der Waals surface area contributed by atoms with Crippen LogP contribution in [0, 0.1) is 0 Å². The van der Waals surface area contributed by atoms with Crippen LogP contribution in [0.3, 0.4) is 0 Å². The topological polar surface area (TPSA) is 61.5 Å². The molecule has 0 aliphatic carbocycles. The maximum atomic E-state index is 11.1. The second kappa shape index (κ2) is 7.09. The highest BCUT2D eigenvalue weighted by Crippen LogP contribution is 2.19. The lowest BCUT2D eigenvalue weighted by Gasteiger charge is -2.08. The standard InChI is InChI=1S/C11H15NO3.ClH/c1-14-10-4-3-8(5-9(10)7-12)6-11(13)15-2;/h3-5H,6-7,12H2,1-2H3;1H. The van der Waals surface area contributed by atoms with Gasteiger partial charge in [-0.3, -0.25) is 4.79 Å². The van der Waals surface area contributed by atoms with Crippen LogP contribution in [0.15, 0.2) is 18.2 Å². The highest BCUT2D eigenvalue weighted by Gasteiger charge is 2.06. The summed E-state index contributed by atoms with van der Waals surface area (Å²) >= 11 is 0. The van der Waals surface area contributed by atoms with Gasteiger partial charge in [-0.25, -0.2) is 0 Å². The molecule has 90 valence electrons. The Balaban J connectivity index is 0.00000225. The molecule has 0 amide bonds. The molecule has 4 nitrogen and oxygen atoms in total. The second-order valence-electron chi connectivity index (χ2n) is 3.10. The summed E-state index contributed by atoms with van der Waals surface area (Å²) in [6, 6.07) is 5.49. The molecule has 16 heavy (non-hydrogen) atoms. The number of carbonyl (C=O) groups excluding carboxylic acids is 1. The van der Waals surface area contributed by atoms with Gasteiger partial charge < -0.3 is 15.2 Å². The number of hydrogen-bond donors (Lipinski definition) is 1. The van der Waals surface area contributed by atoms with Gasteiger partial charge >= 0.3 is 5.97 Å². The molecule has 0 atom stereocenters. The van der Waals surface area contributed by atoms with Crippen molar-refractivity contribution in [3.63, 3.8) is 0 Å². The van der Waals surface area contributed by atoms with Gasteiger partial charge in [0, 0.05) is 12.1 Å². The quantitative estimate of drug-likeness (QED) is 0.812. The van der Waals surface area contributed by atoms with Gasteiger partial charge in [0.2, 0.25) is 0 Å². The van der Waals surface area contributed by atoms with Crippen molar-refractivity contribution in [2.45, 2.75) is 13.0 Å². The average molecular weight is 246 g/mol. The van der Waals surface area contributed by atoms with Gasteiger partial charge in [0.15, 0.2) is 0 Å². The zero-order valence-electron chi connectivity index (χ0n) is 9.36. The Bertz CT molecular complexity index is 355. The summed E-state index contributed by atoms with van der Waals surface area (Å²) in [7, 11) is 2.96. The van der Waals surface area contributed by atoms with Crippen molar-refractivity contribution in [3.8, 4) is 5.75 Å². The third kappa shape index (κ3) is 3.72. The van der Waals surface area contributed by atoms with Crippen LogP contribution in [0.5, 0.6) is 5.75 Å². The zero-order chi connectivity index (χ0) is 11.3. The number of ether oxygens (including phenoxy) is 2. The van der Waals surface area contributed by atoms with Crippen molar-refractivity contribution in [1.82, 2.24) is 0 Å². The Labute approximate surface area is 101 Å². The smallest absolute Gasteiger partial charge is 0.309 e. The van der Waals surface area contributed by atoms with Gasteiger partial charge in [-0.15, -0.1) is 12.4 Å².